The Morgan fingerprint density at radius 2 is 1.95 bits per heavy atom. The third kappa shape index (κ3) is 3.85. The Morgan fingerprint density at radius 1 is 1.20 bits per heavy atom. The first kappa shape index (κ1) is 14.6. The average Bonchev–Trinajstić information content (AvgIpc) is 2.87. The van der Waals surface area contributed by atoms with E-state index in [1.807, 2.05) is 39.4 Å². The Hall–Kier alpha value is -1.79. The van der Waals surface area contributed by atoms with E-state index in [1.54, 1.807) is 4.68 Å². The predicted octanol–water partition coefficient (Wildman–Crippen LogP) is 2.10. The topological polar surface area (TPSA) is 62.1 Å². The zero-order valence-corrected chi connectivity index (χ0v) is 12.1. The van der Waals surface area contributed by atoms with E-state index in [0.29, 0.717) is 25.5 Å². The van der Waals surface area contributed by atoms with Gasteiger partial charge in [0.1, 0.15) is 5.69 Å². The van der Waals surface area contributed by atoms with Crippen LogP contribution in [0.3, 0.4) is 0 Å². The second kappa shape index (κ2) is 7.12. The summed E-state index contributed by atoms with van der Waals surface area (Å²) in [5.74, 6) is 0. The molecule has 0 spiro atoms. The van der Waals surface area contributed by atoms with Crippen LogP contribution in [0.4, 0.5) is 0 Å². The van der Waals surface area contributed by atoms with Gasteiger partial charge in [0.05, 0.1) is 12.7 Å². The second-order valence-corrected chi connectivity index (χ2v) is 4.45. The molecule has 2 heterocycles. The van der Waals surface area contributed by atoms with Crippen molar-refractivity contribution in [2.75, 3.05) is 13.2 Å². The summed E-state index contributed by atoms with van der Waals surface area (Å²) >= 11 is 0. The lowest BCUT2D eigenvalue weighted by Crippen LogP contribution is -2.09. The summed E-state index contributed by atoms with van der Waals surface area (Å²) in [6.45, 7) is 7.64. The smallest absolute Gasteiger partial charge is 0.204 e. The van der Waals surface area contributed by atoms with Crippen LogP contribution in [0.2, 0.25) is 0 Å². The van der Waals surface area contributed by atoms with Crippen molar-refractivity contribution in [3.8, 4) is 0 Å². The summed E-state index contributed by atoms with van der Waals surface area (Å²) in [6, 6.07) is 2.08. The summed E-state index contributed by atoms with van der Waals surface area (Å²) in [6.07, 6.45) is 5.06. The quantitative estimate of drug-likeness (QED) is 0.725. The number of aromatic nitrogens is 4. The molecule has 6 nitrogen and oxygen atoms in total. The van der Waals surface area contributed by atoms with Gasteiger partial charge in [-0.05, 0) is 31.9 Å². The largest absolute Gasteiger partial charge is 0.347 e. The molecule has 2 aromatic rings. The van der Waals surface area contributed by atoms with E-state index in [-0.39, 0.29) is 0 Å². The molecule has 6 heteroatoms. The summed E-state index contributed by atoms with van der Waals surface area (Å²) in [4.78, 5) is 4.17. The van der Waals surface area contributed by atoms with E-state index in [0.717, 1.165) is 11.1 Å². The molecule has 0 fully saturated rings. The molecular weight excluding hydrogens is 256 g/mol. The third-order valence-corrected chi connectivity index (χ3v) is 2.71. The van der Waals surface area contributed by atoms with Crippen LogP contribution in [0.5, 0.6) is 0 Å². The van der Waals surface area contributed by atoms with Crippen LogP contribution in [0.25, 0.3) is 0 Å². The third-order valence-electron chi connectivity index (χ3n) is 2.71. The van der Waals surface area contributed by atoms with Crippen molar-refractivity contribution < 1.29 is 9.47 Å². The maximum atomic E-state index is 5.50. The van der Waals surface area contributed by atoms with E-state index >= 15 is 0 Å². The molecule has 0 aromatic carbocycles. The molecule has 2 aromatic heterocycles. The Kier molecular flexibility index (Phi) is 5.20. The van der Waals surface area contributed by atoms with Crippen LogP contribution < -0.4 is 0 Å². The fraction of sp³-hybridized carbons (Fsp3) is 0.500. The first-order chi connectivity index (χ1) is 9.72. The summed E-state index contributed by atoms with van der Waals surface area (Å²) < 4.78 is 12.8. The predicted molar refractivity (Wildman–Crippen MR) is 74.1 cm³/mol. The van der Waals surface area contributed by atoms with E-state index in [9.17, 15) is 0 Å². The normalized spacial score (nSPS) is 11.2. The molecule has 0 aliphatic carbocycles. The number of ether oxygens (including phenoxy) is 2. The van der Waals surface area contributed by atoms with Gasteiger partial charge in [-0.2, -0.15) is 0 Å². The molecule has 2 rings (SSSR count). The number of pyridine rings is 1. The summed E-state index contributed by atoms with van der Waals surface area (Å²) in [5.41, 5.74) is 2.91. The van der Waals surface area contributed by atoms with Crippen molar-refractivity contribution >= 4 is 0 Å². The first-order valence-electron chi connectivity index (χ1n) is 6.76. The minimum atomic E-state index is -0.450. The molecule has 0 radical (unpaired) electrons. The lowest BCUT2D eigenvalue weighted by Gasteiger charge is -2.13. The molecule has 108 valence electrons. The van der Waals surface area contributed by atoms with Gasteiger partial charge in [0.2, 0.25) is 6.29 Å². The van der Waals surface area contributed by atoms with E-state index < -0.39 is 6.29 Å². The van der Waals surface area contributed by atoms with Crippen LogP contribution in [0.15, 0.2) is 24.7 Å². The Bertz CT molecular complexity index is 535. The van der Waals surface area contributed by atoms with Crippen molar-refractivity contribution in [2.45, 2.75) is 33.6 Å². The minimum Gasteiger partial charge on any atom is -0.347 e. The number of nitrogens with zero attached hydrogens (tertiary/aromatic N) is 4. The second-order valence-electron chi connectivity index (χ2n) is 4.45. The lowest BCUT2D eigenvalue weighted by molar-refractivity contribution is -0.142. The van der Waals surface area contributed by atoms with Crippen LogP contribution >= 0.6 is 0 Å². The van der Waals surface area contributed by atoms with Gasteiger partial charge in [-0.1, -0.05) is 11.3 Å². The van der Waals surface area contributed by atoms with Crippen LogP contribution in [0, 0.1) is 6.92 Å². The Morgan fingerprint density at radius 3 is 2.60 bits per heavy atom. The van der Waals surface area contributed by atoms with Crippen molar-refractivity contribution in [3.05, 3.63) is 41.5 Å². The number of hydrogen-bond acceptors (Lipinski definition) is 5. The highest BCUT2D eigenvalue weighted by Gasteiger charge is 2.15. The van der Waals surface area contributed by atoms with Gasteiger partial charge in [-0.15, -0.1) is 5.10 Å². The fourth-order valence-electron chi connectivity index (χ4n) is 1.91. The lowest BCUT2D eigenvalue weighted by atomic mass is 10.2. The van der Waals surface area contributed by atoms with Gasteiger partial charge in [0.15, 0.2) is 0 Å². The molecular formula is C14H20N4O2. The highest BCUT2D eigenvalue weighted by atomic mass is 16.7. The SMILES string of the molecule is CCOC(OCC)c1cn(Cc2cncc(C)c2)nn1. The average molecular weight is 276 g/mol. The van der Waals surface area contributed by atoms with Crippen molar-refractivity contribution in [1.29, 1.82) is 0 Å². The van der Waals surface area contributed by atoms with E-state index in [4.69, 9.17) is 9.47 Å². The molecule has 0 amide bonds. The summed E-state index contributed by atoms with van der Waals surface area (Å²) in [5, 5.41) is 8.22. The molecule has 0 aliphatic heterocycles. The zero-order chi connectivity index (χ0) is 14.4. The van der Waals surface area contributed by atoms with Gasteiger partial charge in [-0.25, -0.2) is 4.68 Å². The molecule has 0 aliphatic rings. The molecule has 0 N–H and O–H groups in total. The van der Waals surface area contributed by atoms with Crippen molar-refractivity contribution in [2.24, 2.45) is 0 Å². The van der Waals surface area contributed by atoms with Crippen molar-refractivity contribution in [1.82, 2.24) is 20.0 Å². The molecule has 0 atom stereocenters. The van der Waals surface area contributed by atoms with Gasteiger partial charge in [0.25, 0.3) is 0 Å². The highest BCUT2D eigenvalue weighted by molar-refractivity contribution is 5.16. The standard InChI is InChI=1S/C14H20N4O2/c1-4-19-14(20-5-2)13-10-18(17-16-13)9-12-6-11(3)7-15-8-12/h6-8,10,14H,4-5,9H2,1-3H3. The van der Waals surface area contributed by atoms with E-state index in [2.05, 4.69) is 21.4 Å². The molecule has 0 unspecified atom stereocenters. The van der Waals surface area contributed by atoms with Gasteiger partial charge < -0.3 is 9.47 Å². The molecule has 0 bridgehead atoms. The number of rotatable bonds is 7. The first-order valence-corrected chi connectivity index (χ1v) is 6.76. The van der Waals surface area contributed by atoms with Crippen molar-refractivity contribution in [3.63, 3.8) is 0 Å². The Labute approximate surface area is 118 Å². The van der Waals surface area contributed by atoms with Gasteiger partial charge in [0, 0.05) is 25.6 Å². The van der Waals surface area contributed by atoms with Crippen LogP contribution in [0.1, 0.15) is 37.0 Å². The maximum Gasteiger partial charge on any atom is 0.204 e. The molecule has 0 saturated carbocycles. The maximum absolute atomic E-state index is 5.50. The van der Waals surface area contributed by atoms with Crippen LogP contribution in [-0.2, 0) is 16.0 Å². The fourth-order valence-corrected chi connectivity index (χ4v) is 1.91. The minimum absolute atomic E-state index is 0.450. The number of hydrogen-bond donors (Lipinski definition) is 0. The van der Waals surface area contributed by atoms with Crippen LogP contribution in [-0.4, -0.2) is 33.2 Å². The Balaban J connectivity index is 2.07. The van der Waals surface area contributed by atoms with Gasteiger partial charge in [-0.3, -0.25) is 4.98 Å². The van der Waals surface area contributed by atoms with E-state index in [1.165, 1.54) is 0 Å². The molecule has 0 saturated heterocycles. The zero-order valence-electron chi connectivity index (χ0n) is 12.1. The molecule has 20 heavy (non-hydrogen) atoms. The van der Waals surface area contributed by atoms with Gasteiger partial charge >= 0.3 is 0 Å². The highest BCUT2D eigenvalue weighted by Crippen LogP contribution is 2.16. The monoisotopic (exact) mass is 276 g/mol. The number of aryl methyl sites for hydroxylation is 1. The summed E-state index contributed by atoms with van der Waals surface area (Å²) in [7, 11) is 0.